The van der Waals surface area contributed by atoms with Crippen molar-refractivity contribution in [2.24, 2.45) is 0 Å². The standard InChI is InChI=1S/C19H32N2O2/c1-4-6-8-10-14-21(15-11-9-7-5-2)16-12-13-18(17-20)19(22)23-3/h12-13,16H,4-11,14-15H2,1-3H3. The quantitative estimate of drug-likeness (QED) is 0.164. The summed E-state index contributed by atoms with van der Waals surface area (Å²) < 4.78 is 4.57. The van der Waals surface area contributed by atoms with Gasteiger partial charge in [0.25, 0.3) is 0 Å². The summed E-state index contributed by atoms with van der Waals surface area (Å²) in [6.45, 7) is 6.47. The lowest BCUT2D eigenvalue weighted by Crippen LogP contribution is -2.20. The van der Waals surface area contributed by atoms with Crippen LogP contribution in [0.3, 0.4) is 0 Å². The lowest BCUT2D eigenvalue weighted by atomic mass is 10.1. The highest BCUT2D eigenvalue weighted by molar-refractivity contribution is 5.92. The summed E-state index contributed by atoms with van der Waals surface area (Å²) in [5.74, 6) is -0.588. The van der Waals surface area contributed by atoms with Crippen LogP contribution in [0.15, 0.2) is 23.9 Å². The highest BCUT2D eigenvalue weighted by Crippen LogP contribution is 2.06. The van der Waals surface area contributed by atoms with Crippen LogP contribution in [0, 0.1) is 11.3 Å². The molecule has 0 rings (SSSR count). The molecule has 0 aromatic rings. The van der Waals surface area contributed by atoms with E-state index >= 15 is 0 Å². The van der Waals surface area contributed by atoms with Crippen LogP contribution in [0.2, 0.25) is 0 Å². The third-order valence-electron chi connectivity index (χ3n) is 3.68. The summed E-state index contributed by atoms with van der Waals surface area (Å²) in [5, 5.41) is 8.93. The van der Waals surface area contributed by atoms with Crippen molar-refractivity contribution < 1.29 is 9.53 Å². The summed E-state index contributed by atoms with van der Waals surface area (Å²) in [7, 11) is 1.28. The Hall–Kier alpha value is -1.76. The monoisotopic (exact) mass is 320 g/mol. The summed E-state index contributed by atoms with van der Waals surface area (Å²) in [6.07, 6.45) is 15.1. The molecule has 0 saturated carbocycles. The highest BCUT2D eigenvalue weighted by atomic mass is 16.5. The zero-order chi connectivity index (χ0) is 17.3. The second kappa shape index (κ2) is 15.1. The molecule has 0 atom stereocenters. The van der Waals surface area contributed by atoms with Crippen molar-refractivity contribution >= 4 is 5.97 Å². The van der Waals surface area contributed by atoms with E-state index in [2.05, 4.69) is 23.5 Å². The van der Waals surface area contributed by atoms with Crippen molar-refractivity contribution in [1.29, 1.82) is 5.26 Å². The number of unbranched alkanes of at least 4 members (excludes halogenated alkanes) is 6. The highest BCUT2D eigenvalue weighted by Gasteiger charge is 2.06. The van der Waals surface area contributed by atoms with Gasteiger partial charge in [-0.3, -0.25) is 0 Å². The fourth-order valence-corrected chi connectivity index (χ4v) is 2.27. The van der Waals surface area contributed by atoms with Crippen molar-refractivity contribution in [2.45, 2.75) is 65.2 Å². The van der Waals surface area contributed by atoms with E-state index in [0.717, 1.165) is 13.1 Å². The Kier molecular flexibility index (Phi) is 14.0. The smallest absolute Gasteiger partial charge is 0.348 e. The molecule has 0 saturated heterocycles. The number of nitriles is 1. The third kappa shape index (κ3) is 11.5. The van der Waals surface area contributed by atoms with Crippen molar-refractivity contribution in [3.05, 3.63) is 23.9 Å². The van der Waals surface area contributed by atoms with Crippen molar-refractivity contribution in [3.8, 4) is 6.07 Å². The predicted molar refractivity (Wildman–Crippen MR) is 94.7 cm³/mol. The first-order valence-electron chi connectivity index (χ1n) is 8.80. The van der Waals surface area contributed by atoms with E-state index in [9.17, 15) is 4.79 Å². The first-order chi connectivity index (χ1) is 11.2. The number of nitrogens with zero attached hydrogens (tertiary/aromatic N) is 2. The van der Waals surface area contributed by atoms with Crippen molar-refractivity contribution in [2.75, 3.05) is 20.2 Å². The third-order valence-corrected chi connectivity index (χ3v) is 3.68. The molecular formula is C19H32N2O2. The molecule has 0 aliphatic heterocycles. The molecule has 0 unspecified atom stereocenters. The topological polar surface area (TPSA) is 53.3 Å². The summed E-state index contributed by atoms with van der Waals surface area (Å²) in [5.41, 5.74) is 0.0284. The van der Waals surface area contributed by atoms with Gasteiger partial charge >= 0.3 is 5.97 Å². The molecule has 0 radical (unpaired) electrons. The molecule has 0 amide bonds. The molecule has 0 aromatic carbocycles. The Bertz CT molecular complexity index is 396. The Morgan fingerprint density at radius 3 is 2.04 bits per heavy atom. The number of hydrogen-bond acceptors (Lipinski definition) is 4. The van der Waals surface area contributed by atoms with Crippen LogP contribution >= 0.6 is 0 Å². The van der Waals surface area contributed by atoms with E-state index in [4.69, 9.17) is 5.26 Å². The van der Waals surface area contributed by atoms with Gasteiger partial charge in [0.2, 0.25) is 0 Å². The van der Waals surface area contributed by atoms with Crippen LogP contribution in [-0.4, -0.2) is 31.1 Å². The van der Waals surface area contributed by atoms with Gasteiger partial charge < -0.3 is 9.64 Å². The van der Waals surface area contributed by atoms with Gasteiger partial charge in [-0.15, -0.1) is 0 Å². The molecule has 0 aromatic heterocycles. The fourth-order valence-electron chi connectivity index (χ4n) is 2.27. The van der Waals surface area contributed by atoms with Gasteiger partial charge in [-0.05, 0) is 31.2 Å². The number of hydrogen-bond donors (Lipinski definition) is 0. The Morgan fingerprint density at radius 2 is 1.61 bits per heavy atom. The first-order valence-corrected chi connectivity index (χ1v) is 8.80. The molecule has 4 heteroatoms. The number of rotatable bonds is 13. The maximum Gasteiger partial charge on any atom is 0.348 e. The zero-order valence-corrected chi connectivity index (χ0v) is 15.0. The maximum atomic E-state index is 11.3. The molecule has 0 heterocycles. The minimum absolute atomic E-state index is 0.0284. The predicted octanol–water partition coefficient (Wildman–Crippen LogP) is 4.59. The molecule has 0 fully saturated rings. The molecule has 4 nitrogen and oxygen atoms in total. The summed E-state index contributed by atoms with van der Waals surface area (Å²) in [4.78, 5) is 13.6. The maximum absolute atomic E-state index is 11.3. The van der Waals surface area contributed by atoms with E-state index in [0.29, 0.717) is 0 Å². The van der Waals surface area contributed by atoms with E-state index in [-0.39, 0.29) is 5.57 Å². The minimum Gasteiger partial charge on any atom is -0.465 e. The number of ether oxygens (including phenoxy) is 1. The van der Waals surface area contributed by atoms with Crippen LogP contribution in [0.1, 0.15) is 65.2 Å². The molecule has 0 aliphatic carbocycles. The number of carbonyl (C=O) groups excluding carboxylic acids is 1. The number of methoxy groups -OCH3 is 1. The molecular weight excluding hydrogens is 288 g/mol. The van der Waals surface area contributed by atoms with Gasteiger partial charge in [-0.2, -0.15) is 5.26 Å². The van der Waals surface area contributed by atoms with Crippen LogP contribution in [0.4, 0.5) is 0 Å². The van der Waals surface area contributed by atoms with Gasteiger partial charge in [0.05, 0.1) is 7.11 Å². The Balaban J connectivity index is 4.51. The van der Waals surface area contributed by atoms with Gasteiger partial charge in [0, 0.05) is 13.1 Å². The normalized spacial score (nSPS) is 11.5. The second-order valence-corrected chi connectivity index (χ2v) is 5.68. The van der Waals surface area contributed by atoms with Gasteiger partial charge in [-0.25, -0.2) is 4.79 Å². The molecule has 130 valence electrons. The fraction of sp³-hybridized carbons (Fsp3) is 0.684. The van der Waals surface area contributed by atoms with Gasteiger partial charge in [0.1, 0.15) is 11.6 Å². The average Bonchev–Trinajstić information content (AvgIpc) is 2.57. The SMILES string of the molecule is CCCCCCN(C=CC=C(C#N)C(=O)OC)CCCCCC. The molecule has 0 spiro atoms. The number of esters is 1. The summed E-state index contributed by atoms with van der Waals surface area (Å²) in [6, 6.07) is 1.86. The van der Waals surface area contributed by atoms with Crippen LogP contribution in [0.25, 0.3) is 0 Å². The molecule has 0 aliphatic rings. The molecule has 0 bridgehead atoms. The molecule has 0 N–H and O–H groups in total. The summed E-state index contributed by atoms with van der Waals surface area (Å²) >= 11 is 0. The second-order valence-electron chi connectivity index (χ2n) is 5.68. The van der Waals surface area contributed by atoms with E-state index in [1.54, 1.807) is 6.08 Å². The Labute approximate surface area is 141 Å². The lowest BCUT2D eigenvalue weighted by Gasteiger charge is -2.20. The van der Waals surface area contributed by atoms with Crippen molar-refractivity contribution in [1.82, 2.24) is 4.90 Å². The average molecular weight is 320 g/mol. The van der Waals surface area contributed by atoms with Crippen molar-refractivity contribution in [3.63, 3.8) is 0 Å². The molecule has 23 heavy (non-hydrogen) atoms. The zero-order valence-electron chi connectivity index (χ0n) is 15.0. The van der Waals surface area contributed by atoms with Gasteiger partial charge in [-0.1, -0.05) is 52.4 Å². The van der Waals surface area contributed by atoms with E-state index in [1.807, 2.05) is 12.3 Å². The number of carbonyl (C=O) groups is 1. The first kappa shape index (κ1) is 21.2. The Morgan fingerprint density at radius 1 is 1.04 bits per heavy atom. The minimum atomic E-state index is -0.588. The lowest BCUT2D eigenvalue weighted by molar-refractivity contribution is -0.135. The van der Waals surface area contributed by atoms with Crippen LogP contribution < -0.4 is 0 Å². The number of allylic oxidation sites excluding steroid dienone is 2. The van der Waals surface area contributed by atoms with Crippen LogP contribution in [0.5, 0.6) is 0 Å². The van der Waals surface area contributed by atoms with Gasteiger partial charge in [0.15, 0.2) is 0 Å². The largest absolute Gasteiger partial charge is 0.465 e. The van der Waals surface area contributed by atoms with E-state index in [1.165, 1.54) is 64.6 Å². The van der Waals surface area contributed by atoms with E-state index < -0.39 is 5.97 Å². The van der Waals surface area contributed by atoms with Crippen LogP contribution in [-0.2, 0) is 9.53 Å².